The summed E-state index contributed by atoms with van der Waals surface area (Å²) in [5.41, 5.74) is 0.367. The molecule has 0 aliphatic carbocycles. The molecule has 0 saturated carbocycles. The monoisotopic (exact) mass is 262 g/mol. The number of hydrogen-bond donors (Lipinski definition) is 0. The third kappa shape index (κ3) is 3.43. The van der Waals surface area contributed by atoms with E-state index in [4.69, 9.17) is 11.6 Å². The highest BCUT2D eigenvalue weighted by Crippen LogP contribution is 2.19. The van der Waals surface area contributed by atoms with Gasteiger partial charge in [0.1, 0.15) is 21.1 Å². The summed E-state index contributed by atoms with van der Waals surface area (Å²) in [6.45, 7) is 5.40. The highest BCUT2D eigenvalue weighted by atomic mass is 35.5. The summed E-state index contributed by atoms with van der Waals surface area (Å²) in [4.78, 5) is 3.38. The van der Waals surface area contributed by atoms with Gasteiger partial charge in [-0.15, -0.1) is 0 Å². The lowest BCUT2D eigenvalue weighted by Gasteiger charge is -2.17. The molecule has 0 saturated heterocycles. The number of hydrogen-bond acceptors (Lipinski definition) is 3. The average Bonchev–Trinajstić information content (AvgIpc) is 2.18. The second-order valence-corrected chi connectivity index (χ2v) is 6.41. The van der Waals surface area contributed by atoms with Gasteiger partial charge in [-0.25, -0.2) is 4.98 Å². The average molecular weight is 263 g/mol. The fourth-order valence-electron chi connectivity index (χ4n) is 0.794. The number of rotatable bonds is 2. The van der Waals surface area contributed by atoms with Crippen LogP contribution in [0.5, 0.6) is 0 Å². The molecule has 1 aromatic heterocycles. The van der Waals surface area contributed by atoms with Gasteiger partial charge in [-0.3, -0.25) is 0 Å². The van der Waals surface area contributed by atoms with Gasteiger partial charge in [-0.2, -0.15) is 4.39 Å². The van der Waals surface area contributed by atoms with E-state index in [9.17, 15) is 8.94 Å². The van der Waals surface area contributed by atoms with E-state index in [1.807, 2.05) is 0 Å². The number of nitrogens with zero attached hydrogens (tertiary/aromatic N) is 2. The summed E-state index contributed by atoms with van der Waals surface area (Å²) in [7, 11) is 0. The second kappa shape index (κ2) is 5.12. The van der Waals surface area contributed by atoms with Crippen LogP contribution in [-0.4, -0.2) is 20.5 Å². The topological polar surface area (TPSA) is 48.3 Å². The van der Waals surface area contributed by atoms with Crippen LogP contribution in [0.4, 0.5) is 4.39 Å². The van der Waals surface area contributed by atoms with Crippen LogP contribution >= 0.6 is 11.6 Å². The van der Waals surface area contributed by atoms with E-state index in [0.29, 0.717) is 5.56 Å². The largest absolute Gasteiger partial charge is 0.591 e. The molecule has 1 heterocycles. The van der Waals surface area contributed by atoms with Crippen molar-refractivity contribution in [3.05, 3.63) is 28.8 Å². The van der Waals surface area contributed by atoms with Crippen molar-refractivity contribution in [2.75, 3.05) is 0 Å². The lowest BCUT2D eigenvalue weighted by Crippen LogP contribution is -2.25. The second-order valence-electron chi connectivity index (χ2n) is 4.10. The van der Waals surface area contributed by atoms with Crippen LogP contribution in [0.25, 0.3) is 0 Å². The summed E-state index contributed by atoms with van der Waals surface area (Å²) in [5, 5.41) is -0.114. The van der Waals surface area contributed by atoms with E-state index in [1.165, 1.54) is 18.5 Å². The first kappa shape index (κ1) is 13.4. The molecule has 1 rings (SSSR count). The van der Waals surface area contributed by atoms with Gasteiger partial charge in [0.05, 0.1) is 6.21 Å². The number of aromatic nitrogens is 1. The molecule has 0 aliphatic rings. The first-order valence-electron chi connectivity index (χ1n) is 4.58. The molecular formula is C10H12ClFN2OS. The molecule has 0 aliphatic heterocycles. The Hall–Kier alpha value is -0.650. The van der Waals surface area contributed by atoms with Gasteiger partial charge in [-0.1, -0.05) is 16.0 Å². The zero-order valence-electron chi connectivity index (χ0n) is 9.20. The van der Waals surface area contributed by atoms with Gasteiger partial charge >= 0.3 is 0 Å². The van der Waals surface area contributed by atoms with Gasteiger partial charge in [0.2, 0.25) is 5.95 Å². The highest BCUT2D eigenvalue weighted by Gasteiger charge is 2.25. The standard InChI is InChI=1S/C10H12ClFN2OS/c1-10(2,3)16(15)14-6-7-4-5-13-9(12)8(7)11/h4-6H,1-3H3/b14-6+. The summed E-state index contributed by atoms with van der Waals surface area (Å²) < 4.78 is 27.9. The molecule has 6 heteroatoms. The van der Waals surface area contributed by atoms with Crippen molar-refractivity contribution in [1.82, 2.24) is 4.98 Å². The third-order valence-electron chi connectivity index (χ3n) is 1.69. The highest BCUT2D eigenvalue weighted by molar-refractivity contribution is 7.91. The van der Waals surface area contributed by atoms with E-state index >= 15 is 0 Å². The smallest absolute Gasteiger partial charge is 0.232 e. The SMILES string of the molecule is CC(C)(C)[S+]([O-])/N=C/c1ccnc(F)c1Cl. The van der Waals surface area contributed by atoms with Crippen molar-refractivity contribution < 1.29 is 8.94 Å². The molecule has 3 nitrogen and oxygen atoms in total. The first-order chi connectivity index (χ1) is 7.32. The first-order valence-corrected chi connectivity index (χ1v) is 6.07. The Bertz CT molecular complexity index is 406. The summed E-state index contributed by atoms with van der Waals surface area (Å²) >= 11 is 4.28. The maximum absolute atomic E-state index is 13.0. The Morgan fingerprint density at radius 1 is 1.56 bits per heavy atom. The van der Waals surface area contributed by atoms with Gasteiger partial charge in [0.15, 0.2) is 0 Å². The van der Waals surface area contributed by atoms with E-state index in [1.54, 1.807) is 20.8 Å². The molecular weight excluding hydrogens is 251 g/mol. The van der Waals surface area contributed by atoms with Crippen LogP contribution < -0.4 is 0 Å². The molecule has 0 radical (unpaired) electrons. The minimum Gasteiger partial charge on any atom is -0.591 e. The van der Waals surface area contributed by atoms with E-state index in [2.05, 4.69) is 9.38 Å². The minimum absolute atomic E-state index is 0.114. The third-order valence-corrected chi connectivity index (χ3v) is 3.41. The molecule has 0 N–H and O–H groups in total. The Balaban J connectivity index is 2.89. The molecule has 1 aromatic rings. The number of pyridine rings is 1. The van der Waals surface area contributed by atoms with Crippen LogP contribution in [0.1, 0.15) is 26.3 Å². The van der Waals surface area contributed by atoms with Crippen LogP contribution in [-0.2, 0) is 11.4 Å². The maximum atomic E-state index is 13.0. The number of halogens is 2. The fraction of sp³-hybridized carbons (Fsp3) is 0.400. The van der Waals surface area contributed by atoms with Crippen LogP contribution in [0.15, 0.2) is 16.7 Å². The Morgan fingerprint density at radius 3 is 2.75 bits per heavy atom. The molecule has 88 valence electrons. The van der Waals surface area contributed by atoms with Crippen LogP contribution in [0.3, 0.4) is 0 Å². The Kier molecular flexibility index (Phi) is 4.29. The van der Waals surface area contributed by atoms with Crippen molar-refractivity contribution in [2.24, 2.45) is 4.40 Å². The summed E-state index contributed by atoms with van der Waals surface area (Å²) in [6.07, 6.45) is 2.58. The van der Waals surface area contributed by atoms with Gasteiger partial charge in [0.25, 0.3) is 0 Å². The maximum Gasteiger partial charge on any atom is 0.232 e. The predicted molar refractivity (Wildman–Crippen MR) is 64.7 cm³/mol. The van der Waals surface area contributed by atoms with Crippen molar-refractivity contribution in [1.29, 1.82) is 0 Å². The molecule has 0 bridgehead atoms. The van der Waals surface area contributed by atoms with Crippen molar-refractivity contribution >= 4 is 29.2 Å². The Morgan fingerprint density at radius 2 is 2.19 bits per heavy atom. The molecule has 16 heavy (non-hydrogen) atoms. The van der Waals surface area contributed by atoms with Crippen LogP contribution in [0.2, 0.25) is 5.02 Å². The summed E-state index contributed by atoms with van der Waals surface area (Å²) in [6, 6.07) is 1.51. The predicted octanol–water partition coefficient (Wildman–Crippen LogP) is 2.76. The molecule has 0 amide bonds. The van der Waals surface area contributed by atoms with E-state index in [-0.39, 0.29) is 5.02 Å². The molecule has 1 atom stereocenters. The minimum atomic E-state index is -1.38. The Labute approximate surface area is 102 Å². The molecule has 0 spiro atoms. The van der Waals surface area contributed by atoms with Gasteiger partial charge in [-0.05, 0) is 26.8 Å². The van der Waals surface area contributed by atoms with Crippen molar-refractivity contribution in [3.63, 3.8) is 0 Å². The lowest BCUT2D eigenvalue weighted by molar-refractivity contribution is 0.561. The zero-order valence-corrected chi connectivity index (χ0v) is 10.8. The molecule has 0 fully saturated rings. The summed E-state index contributed by atoms with van der Waals surface area (Å²) in [5.74, 6) is -0.757. The van der Waals surface area contributed by atoms with Crippen LogP contribution in [0, 0.1) is 5.95 Å². The van der Waals surface area contributed by atoms with E-state index in [0.717, 1.165) is 0 Å². The lowest BCUT2D eigenvalue weighted by atomic mass is 10.3. The zero-order chi connectivity index (χ0) is 12.3. The molecule has 0 aromatic carbocycles. The van der Waals surface area contributed by atoms with Crippen molar-refractivity contribution in [3.8, 4) is 0 Å². The fourth-order valence-corrected chi connectivity index (χ4v) is 1.48. The van der Waals surface area contributed by atoms with E-state index < -0.39 is 22.1 Å². The molecule has 1 unspecified atom stereocenters. The van der Waals surface area contributed by atoms with Gasteiger partial charge < -0.3 is 4.55 Å². The van der Waals surface area contributed by atoms with Crippen molar-refractivity contribution in [2.45, 2.75) is 25.5 Å². The quantitative estimate of drug-likeness (QED) is 0.467. The van der Waals surface area contributed by atoms with Gasteiger partial charge in [0, 0.05) is 11.8 Å². The normalized spacial score (nSPS) is 14.4.